The molecule has 0 aromatic rings. The van der Waals surface area contributed by atoms with Crippen molar-refractivity contribution < 1.29 is 22.8 Å². The van der Waals surface area contributed by atoms with Gasteiger partial charge in [0.05, 0.1) is 6.54 Å². The molecule has 0 saturated heterocycles. The summed E-state index contributed by atoms with van der Waals surface area (Å²) in [7, 11) is 0.956. The fourth-order valence-electron chi connectivity index (χ4n) is 1.17. The average Bonchev–Trinajstić information content (AvgIpc) is 2.16. The molecule has 4 nitrogen and oxygen atoms in total. The van der Waals surface area contributed by atoms with E-state index in [9.17, 15) is 22.8 Å². The van der Waals surface area contributed by atoms with Gasteiger partial charge in [-0.2, -0.15) is 13.2 Å². The Morgan fingerprint density at radius 2 is 1.56 bits per heavy atom. The molecule has 2 amide bonds. The molecule has 0 aliphatic heterocycles. The Hall–Kier alpha value is -1.27. The van der Waals surface area contributed by atoms with Crippen LogP contribution >= 0.6 is 0 Å². The number of hydrogen-bond acceptors (Lipinski definition) is 2. The van der Waals surface area contributed by atoms with Gasteiger partial charge in [0.15, 0.2) is 0 Å². The van der Waals surface area contributed by atoms with Crippen LogP contribution in [0.3, 0.4) is 0 Å². The molecule has 0 aliphatic carbocycles. The zero-order valence-corrected chi connectivity index (χ0v) is 9.47. The molecule has 0 fully saturated rings. The molecule has 0 aromatic heterocycles. The number of carbonyl (C=O) groups excluding carboxylic acids is 2. The molecule has 0 spiro atoms. The Bertz CT molecular complexity index is 262. The van der Waals surface area contributed by atoms with Crippen molar-refractivity contribution in [3.8, 4) is 0 Å². The van der Waals surface area contributed by atoms with Gasteiger partial charge in [-0.3, -0.25) is 9.59 Å². The van der Waals surface area contributed by atoms with E-state index in [0.717, 1.165) is 7.05 Å². The van der Waals surface area contributed by atoms with Crippen molar-refractivity contribution >= 4 is 11.8 Å². The van der Waals surface area contributed by atoms with E-state index in [4.69, 9.17) is 0 Å². The maximum Gasteiger partial charge on any atom is 0.471 e. The van der Waals surface area contributed by atoms with Gasteiger partial charge in [0, 0.05) is 20.1 Å². The number of nitrogens with zero attached hydrogens (tertiary/aromatic N) is 2. The van der Waals surface area contributed by atoms with Gasteiger partial charge in [-0.1, -0.05) is 0 Å². The lowest BCUT2D eigenvalue weighted by Crippen LogP contribution is -2.45. The van der Waals surface area contributed by atoms with Crippen molar-refractivity contribution in [2.75, 3.05) is 26.7 Å². The van der Waals surface area contributed by atoms with E-state index in [-0.39, 0.29) is 0 Å². The summed E-state index contributed by atoms with van der Waals surface area (Å²) in [6.45, 7) is 3.69. The third-order valence-electron chi connectivity index (χ3n) is 2.08. The SMILES string of the molecule is CCN(CC)C(=O)CN(C)C(=O)C(F)(F)F. The summed E-state index contributed by atoms with van der Waals surface area (Å²) in [4.78, 5) is 23.9. The van der Waals surface area contributed by atoms with Gasteiger partial charge in [0.2, 0.25) is 5.91 Å². The van der Waals surface area contributed by atoms with Crippen LogP contribution in [0, 0.1) is 0 Å². The lowest BCUT2D eigenvalue weighted by atomic mass is 10.4. The molecule has 0 unspecified atom stereocenters. The summed E-state index contributed by atoms with van der Waals surface area (Å²) in [5.74, 6) is -2.50. The molecule has 16 heavy (non-hydrogen) atoms. The van der Waals surface area contributed by atoms with Crippen LogP contribution in [0.1, 0.15) is 13.8 Å². The van der Waals surface area contributed by atoms with Gasteiger partial charge in [-0.15, -0.1) is 0 Å². The molecule has 0 saturated carbocycles. The highest BCUT2D eigenvalue weighted by Gasteiger charge is 2.41. The quantitative estimate of drug-likeness (QED) is 0.731. The van der Waals surface area contributed by atoms with E-state index >= 15 is 0 Å². The first-order valence-corrected chi connectivity index (χ1v) is 4.84. The molecule has 94 valence electrons. The standard InChI is InChI=1S/C9H15F3N2O2/c1-4-14(5-2)7(15)6-13(3)8(16)9(10,11)12/h4-6H2,1-3H3. The molecule has 0 heterocycles. The third-order valence-corrected chi connectivity index (χ3v) is 2.08. The Balaban J connectivity index is 4.40. The molecule has 0 atom stereocenters. The van der Waals surface area contributed by atoms with E-state index in [1.807, 2.05) is 0 Å². The molecule has 0 radical (unpaired) electrons. The highest BCUT2D eigenvalue weighted by atomic mass is 19.4. The van der Waals surface area contributed by atoms with E-state index in [2.05, 4.69) is 0 Å². The number of rotatable bonds is 4. The van der Waals surface area contributed by atoms with Crippen LogP contribution in [-0.4, -0.2) is 54.5 Å². The summed E-state index contributed by atoms with van der Waals surface area (Å²) in [6.07, 6.45) is -4.93. The van der Waals surface area contributed by atoms with Gasteiger partial charge in [-0.25, -0.2) is 0 Å². The number of halogens is 3. The number of hydrogen-bond donors (Lipinski definition) is 0. The molecule has 0 aliphatic rings. The Morgan fingerprint density at radius 1 is 1.12 bits per heavy atom. The minimum absolute atomic E-state index is 0.376. The van der Waals surface area contributed by atoms with Crippen LogP contribution in [0.25, 0.3) is 0 Å². The van der Waals surface area contributed by atoms with E-state index in [0.29, 0.717) is 18.0 Å². The van der Waals surface area contributed by atoms with Crippen molar-refractivity contribution in [1.29, 1.82) is 0 Å². The van der Waals surface area contributed by atoms with Crippen molar-refractivity contribution in [1.82, 2.24) is 9.80 Å². The second-order valence-corrected chi connectivity index (χ2v) is 3.23. The average molecular weight is 240 g/mol. The van der Waals surface area contributed by atoms with E-state index < -0.39 is 24.5 Å². The zero-order valence-electron chi connectivity index (χ0n) is 9.47. The second-order valence-electron chi connectivity index (χ2n) is 3.23. The molecule has 7 heteroatoms. The Kier molecular flexibility index (Phi) is 5.26. The predicted octanol–water partition coefficient (Wildman–Crippen LogP) is 0.876. The maximum atomic E-state index is 12.0. The molecule has 0 aromatic carbocycles. The van der Waals surface area contributed by atoms with Crippen LogP contribution < -0.4 is 0 Å². The highest BCUT2D eigenvalue weighted by molar-refractivity contribution is 5.87. The molecule has 0 rings (SSSR count). The molecular weight excluding hydrogens is 225 g/mol. The fourth-order valence-corrected chi connectivity index (χ4v) is 1.17. The normalized spacial score (nSPS) is 11.1. The first kappa shape index (κ1) is 14.7. The Morgan fingerprint density at radius 3 is 1.88 bits per heavy atom. The largest absolute Gasteiger partial charge is 0.471 e. The lowest BCUT2D eigenvalue weighted by molar-refractivity contribution is -0.184. The summed E-state index contributed by atoms with van der Waals surface area (Å²) in [6, 6.07) is 0. The predicted molar refractivity (Wildman–Crippen MR) is 51.6 cm³/mol. The minimum Gasteiger partial charge on any atom is -0.342 e. The van der Waals surface area contributed by atoms with Crippen LogP contribution in [0.4, 0.5) is 13.2 Å². The lowest BCUT2D eigenvalue weighted by Gasteiger charge is -2.23. The van der Waals surface area contributed by atoms with Crippen molar-refractivity contribution in [3.63, 3.8) is 0 Å². The first-order chi connectivity index (χ1) is 7.23. The van der Waals surface area contributed by atoms with Gasteiger partial charge in [-0.05, 0) is 13.8 Å². The molecule has 0 bridgehead atoms. The maximum absolute atomic E-state index is 12.0. The highest BCUT2D eigenvalue weighted by Crippen LogP contribution is 2.17. The summed E-state index contributed by atoms with van der Waals surface area (Å²) in [5.41, 5.74) is 0. The smallest absolute Gasteiger partial charge is 0.342 e. The topological polar surface area (TPSA) is 40.6 Å². The van der Waals surface area contributed by atoms with Gasteiger partial charge >= 0.3 is 12.1 Å². The van der Waals surface area contributed by atoms with Crippen LogP contribution in [0.2, 0.25) is 0 Å². The van der Waals surface area contributed by atoms with Crippen molar-refractivity contribution in [3.05, 3.63) is 0 Å². The Labute approximate surface area is 92.0 Å². The van der Waals surface area contributed by atoms with Crippen LogP contribution in [0.15, 0.2) is 0 Å². The first-order valence-electron chi connectivity index (χ1n) is 4.84. The van der Waals surface area contributed by atoms with Gasteiger partial charge < -0.3 is 9.80 Å². The zero-order chi connectivity index (χ0) is 12.9. The molecule has 0 N–H and O–H groups in total. The fraction of sp³-hybridized carbons (Fsp3) is 0.778. The van der Waals surface area contributed by atoms with Gasteiger partial charge in [0.1, 0.15) is 0 Å². The monoisotopic (exact) mass is 240 g/mol. The summed E-state index contributed by atoms with van der Waals surface area (Å²) >= 11 is 0. The number of likely N-dealkylation sites (N-methyl/N-ethyl adjacent to an activating group) is 2. The number of carbonyl (C=O) groups is 2. The minimum atomic E-state index is -4.93. The van der Waals surface area contributed by atoms with Crippen LogP contribution in [-0.2, 0) is 9.59 Å². The third kappa shape index (κ3) is 4.08. The van der Waals surface area contributed by atoms with Crippen molar-refractivity contribution in [2.24, 2.45) is 0 Å². The van der Waals surface area contributed by atoms with Crippen LogP contribution in [0.5, 0.6) is 0 Å². The summed E-state index contributed by atoms with van der Waals surface area (Å²) < 4.78 is 36.0. The summed E-state index contributed by atoms with van der Waals surface area (Å²) in [5, 5.41) is 0. The second kappa shape index (κ2) is 5.72. The van der Waals surface area contributed by atoms with Crippen molar-refractivity contribution in [2.45, 2.75) is 20.0 Å². The van der Waals surface area contributed by atoms with Gasteiger partial charge in [0.25, 0.3) is 0 Å². The van der Waals surface area contributed by atoms with E-state index in [1.165, 1.54) is 4.90 Å². The number of alkyl halides is 3. The van der Waals surface area contributed by atoms with E-state index in [1.54, 1.807) is 13.8 Å². The molecular formula is C9H15F3N2O2. The number of amides is 2.